The third-order valence-corrected chi connectivity index (χ3v) is 8.31. The van der Waals surface area contributed by atoms with Crippen LogP contribution in [0.5, 0.6) is 0 Å². The van der Waals surface area contributed by atoms with Crippen molar-refractivity contribution in [3.8, 4) is 0 Å². The van der Waals surface area contributed by atoms with E-state index < -0.39 is 0 Å². The Morgan fingerprint density at radius 2 is 1.81 bits per heavy atom. The number of ether oxygens (including phenoxy) is 1. The fourth-order valence-corrected chi connectivity index (χ4v) is 5.97. The van der Waals surface area contributed by atoms with Gasteiger partial charge in [0.25, 0.3) is 0 Å². The molecule has 1 amide bonds. The molecule has 3 heterocycles. The second kappa shape index (κ2) is 11.7. The summed E-state index contributed by atoms with van der Waals surface area (Å²) in [5.74, 6) is 0.0670. The quantitative estimate of drug-likeness (QED) is 0.572. The topological polar surface area (TPSA) is 75.5 Å². The van der Waals surface area contributed by atoms with Crippen LogP contribution in [0.15, 0.2) is 36.5 Å². The second-order valence-electron chi connectivity index (χ2n) is 11.0. The number of hydrogen-bond acceptors (Lipinski definition) is 6. The number of hydrogen-bond donors (Lipinski definition) is 1. The van der Waals surface area contributed by atoms with Gasteiger partial charge in [-0.2, -0.15) is 0 Å². The van der Waals surface area contributed by atoms with Crippen molar-refractivity contribution in [2.75, 3.05) is 31.1 Å². The van der Waals surface area contributed by atoms with E-state index in [9.17, 15) is 4.79 Å². The summed E-state index contributed by atoms with van der Waals surface area (Å²) in [6.07, 6.45) is 9.83. The summed E-state index contributed by atoms with van der Waals surface area (Å²) in [5.41, 5.74) is 2.33. The first-order valence-corrected chi connectivity index (χ1v) is 13.9. The molecule has 1 aliphatic carbocycles. The van der Waals surface area contributed by atoms with Gasteiger partial charge >= 0.3 is 0 Å². The van der Waals surface area contributed by atoms with E-state index in [1.807, 2.05) is 11.6 Å². The van der Waals surface area contributed by atoms with E-state index in [1.54, 1.807) is 0 Å². The SMILES string of the molecule is CC(CC1CCC([C@H](C)C(=O)NC2CCCC2)O1)n1cc(CN2CCN(c3ccccc3)CC2)nn1. The molecule has 2 aliphatic heterocycles. The Labute approximate surface area is 215 Å². The summed E-state index contributed by atoms with van der Waals surface area (Å²) in [4.78, 5) is 17.6. The highest BCUT2D eigenvalue weighted by Crippen LogP contribution is 2.31. The van der Waals surface area contributed by atoms with Gasteiger partial charge in [-0.15, -0.1) is 5.10 Å². The molecular formula is C28H42N6O2. The van der Waals surface area contributed by atoms with Gasteiger partial charge in [0.05, 0.1) is 36.1 Å². The summed E-state index contributed by atoms with van der Waals surface area (Å²) in [5, 5.41) is 12.1. The summed E-state index contributed by atoms with van der Waals surface area (Å²) in [7, 11) is 0. The summed E-state index contributed by atoms with van der Waals surface area (Å²) >= 11 is 0. The molecule has 196 valence electrons. The number of aromatic nitrogens is 3. The maximum atomic E-state index is 12.7. The predicted molar refractivity (Wildman–Crippen MR) is 141 cm³/mol. The average molecular weight is 495 g/mol. The molecule has 8 nitrogen and oxygen atoms in total. The Kier molecular flexibility index (Phi) is 8.22. The Hall–Kier alpha value is -2.45. The van der Waals surface area contributed by atoms with E-state index in [0.717, 1.165) is 70.5 Å². The largest absolute Gasteiger partial charge is 0.374 e. The zero-order chi connectivity index (χ0) is 24.9. The molecule has 1 aromatic carbocycles. The number of amides is 1. The maximum Gasteiger partial charge on any atom is 0.225 e. The minimum atomic E-state index is -0.0914. The Bertz CT molecular complexity index is 967. The minimum absolute atomic E-state index is 0.0180. The highest BCUT2D eigenvalue weighted by atomic mass is 16.5. The third-order valence-electron chi connectivity index (χ3n) is 8.31. The predicted octanol–water partition coefficient (Wildman–Crippen LogP) is 3.79. The van der Waals surface area contributed by atoms with Crippen LogP contribution in [0, 0.1) is 5.92 Å². The summed E-state index contributed by atoms with van der Waals surface area (Å²) < 4.78 is 8.33. The standard InChI is InChI=1S/C28H42N6O2/c1-21(18-26-12-13-27(36-26)22(2)28(35)29-23-8-6-7-9-23)34-20-24(30-31-34)19-32-14-16-33(17-15-32)25-10-4-3-5-11-25/h3-5,10-11,20-23,26-27H,6-9,12-19H2,1-2H3,(H,29,35)/t21?,22-,26?,27?/m0/s1. The highest BCUT2D eigenvalue weighted by molar-refractivity contribution is 5.79. The van der Waals surface area contributed by atoms with Crippen molar-refractivity contribution >= 4 is 11.6 Å². The molecule has 3 unspecified atom stereocenters. The van der Waals surface area contributed by atoms with Gasteiger partial charge in [-0.1, -0.05) is 43.2 Å². The Balaban J connectivity index is 1.05. The fourth-order valence-electron chi connectivity index (χ4n) is 5.97. The van der Waals surface area contributed by atoms with Gasteiger partial charge in [-0.25, -0.2) is 4.68 Å². The molecule has 4 atom stereocenters. The van der Waals surface area contributed by atoms with E-state index in [1.165, 1.54) is 18.5 Å². The number of anilines is 1. The van der Waals surface area contributed by atoms with E-state index in [4.69, 9.17) is 4.74 Å². The third kappa shape index (κ3) is 6.27. The minimum Gasteiger partial charge on any atom is -0.374 e. The number of nitrogens with zero attached hydrogens (tertiary/aromatic N) is 5. The molecule has 0 spiro atoms. The molecule has 1 saturated carbocycles. The van der Waals surface area contributed by atoms with Crippen molar-refractivity contribution in [2.45, 2.75) is 89.6 Å². The molecule has 3 aliphatic rings. The van der Waals surface area contributed by atoms with Gasteiger partial charge in [0.1, 0.15) is 0 Å². The maximum absolute atomic E-state index is 12.7. The van der Waals surface area contributed by atoms with E-state index in [-0.39, 0.29) is 30.1 Å². The van der Waals surface area contributed by atoms with E-state index in [2.05, 4.69) is 68.9 Å². The van der Waals surface area contributed by atoms with E-state index in [0.29, 0.717) is 6.04 Å². The number of piperazine rings is 1. The van der Waals surface area contributed by atoms with Crippen molar-refractivity contribution in [1.29, 1.82) is 0 Å². The lowest BCUT2D eigenvalue weighted by Gasteiger charge is -2.35. The van der Waals surface area contributed by atoms with Crippen molar-refractivity contribution in [1.82, 2.24) is 25.2 Å². The van der Waals surface area contributed by atoms with Crippen LogP contribution in [0.3, 0.4) is 0 Å². The molecule has 1 aromatic heterocycles. The average Bonchev–Trinajstić information content (AvgIpc) is 3.67. The molecule has 36 heavy (non-hydrogen) atoms. The molecule has 1 N–H and O–H groups in total. The molecular weight excluding hydrogens is 452 g/mol. The molecule has 8 heteroatoms. The zero-order valence-corrected chi connectivity index (χ0v) is 21.9. The monoisotopic (exact) mass is 494 g/mol. The normalized spacial score (nSPS) is 25.2. The lowest BCUT2D eigenvalue weighted by Crippen LogP contribution is -2.46. The van der Waals surface area contributed by atoms with E-state index >= 15 is 0 Å². The van der Waals surface area contributed by atoms with Crippen LogP contribution in [0.25, 0.3) is 0 Å². The van der Waals surface area contributed by atoms with Gasteiger partial charge < -0.3 is 15.0 Å². The van der Waals surface area contributed by atoms with Crippen LogP contribution < -0.4 is 10.2 Å². The number of benzene rings is 1. The fraction of sp³-hybridized carbons (Fsp3) is 0.679. The molecule has 2 aromatic rings. The lowest BCUT2D eigenvalue weighted by atomic mass is 9.99. The first kappa shape index (κ1) is 25.2. The van der Waals surface area contributed by atoms with Gasteiger partial charge in [-0.3, -0.25) is 9.69 Å². The molecule has 0 radical (unpaired) electrons. The van der Waals surface area contributed by atoms with Crippen molar-refractivity contribution in [3.05, 3.63) is 42.2 Å². The van der Waals surface area contributed by atoms with Gasteiger partial charge in [0.15, 0.2) is 0 Å². The summed E-state index contributed by atoms with van der Waals surface area (Å²) in [6, 6.07) is 11.2. The lowest BCUT2D eigenvalue weighted by molar-refractivity contribution is -0.130. The van der Waals surface area contributed by atoms with Crippen molar-refractivity contribution < 1.29 is 9.53 Å². The van der Waals surface area contributed by atoms with Crippen LogP contribution in [-0.2, 0) is 16.1 Å². The molecule has 5 rings (SSSR count). The Morgan fingerprint density at radius 3 is 2.56 bits per heavy atom. The van der Waals surface area contributed by atoms with Gasteiger partial charge in [0.2, 0.25) is 5.91 Å². The number of nitrogens with one attached hydrogen (secondary N) is 1. The van der Waals surface area contributed by atoms with Gasteiger partial charge in [-0.05, 0) is 51.2 Å². The first-order chi connectivity index (χ1) is 17.5. The number of carbonyl (C=O) groups excluding carboxylic acids is 1. The van der Waals surface area contributed by atoms with Crippen molar-refractivity contribution in [3.63, 3.8) is 0 Å². The molecule has 3 fully saturated rings. The zero-order valence-electron chi connectivity index (χ0n) is 21.9. The molecule has 2 saturated heterocycles. The smallest absolute Gasteiger partial charge is 0.225 e. The van der Waals surface area contributed by atoms with Crippen LogP contribution in [0.1, 0.15) is 70.5 Å². The number of para-hydroxylation sites is 1. The Morgan fingerprint density at radius 1 is 1.06 bits per heavy atom. The first-order valence-electron chi connectivity index (χ1n) is 13.9. The number of rotatable bonds is 9. The number of carbonyl (C=O) groups is 1. The van der Waals surface area contributed by atoms with Gasteiger partial charge in [0, 0.05) is 44.5 Å². The van der Waals surface area contributed by atoms with Crippen LogP contribution >= 0.6 is 0 Å². The summed E-state index contributed by atoms with van der Waals surface area (Å²) in [6.45, 7) is 9.17. The van der Waals surface area contributed by atoms with Crippen LogP contribution in [0.2, 0.25) is 0 Å². The van der Waals surface area contributed by atoms with Crippen molar-refractivity contribution in [2.24, 2.45) is 5.92 Å². The molecule has 0 bridgehead atoms. The highest BCUT2D eigenvalue weighted by Gasteiger charge is 2.34. The van der Waals surface area contributed by atoms with Crippen LogP contribution in [-0.4, -0.2) is 70.2 Å². The van der Waals surface area contributed by atoms with Crippen LogP contribution in [0.4, 0.5) is 5.69 Å². The second-order valence-corrected chi connectivity index (χ2v) is 11.0.